The van der Waals surface area contributed by atoms with Gasteiger partial charge >= 0.3 is 0 Å². The second kappa shape index (κ2) is 6.84. The number of aryl methyl sites for hydroxylation is 1. The van der Waals surface area contributed by atoms with Gasteiger partial charge in [0.15, 0.2) is 11.6 Å². The van der Waals surface area contributed by atoms with Crippen molar-refractivity contribution in [2.45, 2.75) is 46.3 Å². The molecule has 1 aliphatic rings. The minimum atomic E-state index is 0.566. The second-order valence-electron chi connectivity index (χ2n) is 7.04. The minimum Gasteiger partial charge on any atom is -0.359 e. The molecule has 0 saturated heterocycles. The highest BCUT2D eigenvalue weighted by atomic mass is 16.5. The van der Waals surface area contributed by atoms with Gasteiger partial charge in [0.1, 0.15) is 5.69 Å². The maximum Gasteiger partial charge on any atom is 0.160 e. The van der Waals surface area contributed by atoms with Crippen LogP contribution >= 0.6 is 0 Å². The van der Waals surface area contributed by atoms with Gasteiger partial charge in [-0.15, -0.1) is 0 Å². The van der Waals surface area contributed by atoms with E-state index in [9.17, 15) is 0 Å². The lowest BCUT2D eigenvalue weighted by Crippen LogP contribution is -2.11. The van der Waals surface area contributed by atoms with Crippen molar-refractivity contribution in [1.29, 1.82) is 0 Å². The Morgan fingerprint density at radius 1 is 1.32 bits per heavy atom. The van der Waals surface area contributed by atoms with Crippen molar-refractivity contribution in [3.05, 3.63) is 41.7 Å². The number of hydrogen-bond acceptors (Lipinski definition) is 5. The Hall–Kier alpha value is -2.41. The molecule has 0 radical (unpaired) electrons. The summed E-state index contributed by atoms with van der Waals surface area (Å²) in [6, 6.07) is 4.16. The first-order chi connectivity index (χ1) is 12.2. The lowest BCUT2D eigenvalue weighted by Gasteiger charge is -2.03. The highest BCUT2D eigenvalue weighted by Crippen LogP contribution is 2.20. The van der Waals surface area contributed by atoms with Crippen LogP contribution in [0.2, 0.25) is 0 Å². The fourth-order valence-electron chi connectivity index (χ4n) is 3.25. The molecule has 0 fully saturated rings. The molecule has 0 saturated carbocycles. The maximum absolute atomic E-state index is 5.49. The molecule has 25 heavy (non-hydrogen) atoms. The molecule has 4 heterocycles. The van der Waals surface area contributed by atoms with Crippen molar-refractivity contribution in [2.24, 2.45) is 5.92 Å². The van der Waals surface area contributed by atoms with Gasteiger partial charge in [-0.1, -0.05) is 19.0 Å². The van der Waals surface area contributed by atoms with E-state index in [1.165, 1.54) is 5.69 Å². The quantitative estimate of drug-likeness (QED) is 0.772. The topological polar surface area (TPSA) is 73.7 Å². The summed E-state index contributed by atoms with van der Waals surface area (Å²) in [6.45, 7) is 7.82. The third-order valence-corrected chi connectivity index (χ3v) is 4.39. The van der Waals surface area contributed by atoms with Gasteiger partial charge in [0.25, 0.3) is 0 Å². The fraction of sp³-hybridized carbons (Fsp3) is 0.500. The van der Waals surface area contributed by atoms with E-state index >= 15 is 0 Å². The lowest BCUT2D eigenvalue weighted by molar-refractivity contribution is 0.368. The van der Waals surface area contributed by atoms with Crippen LogP contribution in [-0.2, 0) is 26.1 Å². The molecule has 7 nitrogen and oxygen atoms in total. The molecule has 0 amide bonds. The van der Waals surface area contributed by atoms with Crippen molar-refractivity contribution >= 4 is 0 Å². The molecule has 1 N–H and O–H groups in total. The molecule has 3 aromatic heterocycles. The van der Waals surface area contributed by atoms with Gasteiger partial charge in [0, 0.05) is 31.5 Å². The van der Waals surface area contributed by atoms with Gasteiger partial charge in [-0.05, 0) is 31.4 Å². The first-order valence-electron chi connectivity index (χ1n) is 8.92. The van der Waals surface area contributed by atoms with Gasteiger partial charge in [-0.25, -0.2) is 4.98 Å². The van der Waals surface area contributed by atoms with E-state index in [-0.39, 0.29) is 0 Å². The number of rotatable bonds is 5. The van der Waals surface area contributed by atoms with E-state index in [1.807, 2.05) is 18.5 Å². The van der Waals surface area contributed by atoms with Crippen LogP contribution in [0, 0.1) is 5.92 Å². The van der Waals surface area contributed by atoms with Crippen LogP contribution in [0.4, 0.5) is 0 Å². The Balaban J connectivity index is 1.55. The maximum atomic E-state index is 5.49. The molecule has 4 rings (SSSR count). The molecule has 3 aromatic rings. The number of imidazole rings is 1. The Bertz CT molecular complexity index is 820. The van der Waals surface area contributed by atoms with Crippen molar-refractivity contribution in [3.8, 4) is 11.5 Å². The first kappa shape index (κ1) is 16.1. The highest BCUT2D eigenvalue weighted by molar-refractivity contribution is 5.50. The summed E-state index contributed by atoms with van der Waals surface area (Å²) in [4.78, 5) is 4.51. The summed E-state index contributed by atoms with van der Waals surface area (Å²) in [5.74, 6) is 2.27. The Labute approximate surface area is 147 Å². The number of nitrogens with one attached hydrogen (secondary N) is 1. The molecule has 7 heteroatoms. The summed E-state index contributed by atoms with van der Waals surface area (Å²) < 4.78 is 9.64. The number of fused-ring (bicyclic) bond motifs is 1. The average molecular weight is 340 g/mol. The lowest BCUT2D eigenvalue weighted by atomic mass is 10.1. The Kier molecular flexibility index (Phi) is 4.40. The summed E-state index contributed by atoms with van der Waals surface area (Å²) in [7, 11) is 0. The van der Waals surface area contributed by atoms with E-state index in [1.54, 1.807) is 0 Å². The number of aromatic nitrogens is 5. The van der Waals surface area contributed by atoms with E-state index in [0.717, 1.165) is 55.4 Å². The van der Waals surface area contributed by atoms with Gasteiger partial charge < -0.3 is 14.4 Å². The predicted octanol–water partition coefficient (Wildman–Crippen LogP) is 2.47. The molecule has 0 unspecified atom stereocenters. The van der Waals surface area contributed by atoms with Crippen molar-refractivity contribution < 1.29 is 4.52 Å². The zero-order chi connectivity index (χ0) is 17.2. The zero-order valence-corrected chi connectivity index (χ0v) is 14.8. The predicted molar refractivity (Wildman–Crippen MR) is 93.9 cm³/mol. The standard InChI is InChI=1S/C18H24N6O/c1-13(2)8-14-9-16(25-22-14)12-23-7-5-20-18(23)17-10-15-11-19-4-3-6-24(15)21-17/h5,7,9-10,13,19H,3-4,6,8,11-12H2,1-2H3. The fourth-order valence-corrected chi connectivity index (χ4v) is 3.25. The molecule has 0 aliphatic carbocycles. The first-order valence-corrected chi connectivity index (χ1v) is 8.92. The van der Waals surface area contributed by atoms with Crippen molar-refractivity contribution in [2.75, 3.05) is 6.54 Å². The molecule has 0 spiro atoms. The normalized spacial score (nSPS) is 14.7. The van der Waals surface area contributed by atoms with Crippen molar-refractivity contribution in [3.63, 3.8) is 0 Å². The largest absolute Gasteiger partial charge is 0.359 e. The zero-order valence-electron chi connectivity index (χ0n) is 14.8. The molecule has 132 valence electrons. The van der Waals surface area contributed by atoms with E-state index < -0.39 is 0 Å². The van der Waals surface area contributed by atoms with Crippen LogP contribution < -0.4 is 5.32 Å². The summed E-state index contributed by atoms with van der Waals surface area (Å²) in [5.41, 5.74) is 3.12. The van der Waals surface area contributed by atoms with Crippen LogP contribution in [0.25, 0.3) is 11.5 Å². The molecular formula is C18H24N6O. The van der Waals surface area contributed by atoms with Gasteiger partial charge in [-0.3, -0.25) is 4.68 Å². The molecular weight excluding hydrogens is 316 g/mol. The van der Waals surface area contributed by atoms with Gasteiger partial charge in [0.2, 0.25) is 0 Å². The van der Waals surface area contributed by atoms with E-state index in [0.29, 0.717) is 12.5 Å². The molecule has 0 bridgehead atoms. The average Bonchev–Trinajstić information content (AvgIpc) is 3.26. The summed E-state index contributed by atoms with van der Waals surface area (Å²) in [6.07, 6.45) is 5.80. The van der Waals surface area contributed by atoms with Crippen LogP contribution in [0.3, 0.4) is 0 Å². The Morgan fingerprint density at radius 3 is 3.12 bits per heavy atom. The third-order valence-electron chi connectivity index (χ3n) is 4.39. The van der Waals surface area contributed by atoms with E-state index in [2.05, 4.69) is 44.6 Å². The highest BCUT2D eigenvalue weighted by Gasteiger charge is 2.16. The molecule has 1 aliphatic heterocycles. The monoisotopic (exact) mass is 340 g/mol. The summed E-state index contributed by atoms with van der Waals surface area (Å²) >= 11 is 0. The van der Waals surface area contributed by atoms with E-state index in [4.69, 9.17) is 9.62 Å². The van der Waals surface area contributed by atoms with Crippen LogP contribution in [0.1, 0.15) is 37.4 Å². The Morgan fingerprint density at radius 2 is 2.24 bits per heavy atom. The molecule has 0 atom stereocenters. The number of nitrogens with zero attached hydrogens (tertiary/aromatic N) is 5. The smallest absolute Gasteiger partial charge is 0.160 e. The summed E-state index contributed by atoms with van der Waals surface area (Å²) in [5, 5.41) is 12.3. The minimum absolute atomic E-state index is 0.566. The van der Waals surface area contributed by atoms with Crippen LogP contribution in [0.5, 0.6) is 0 Å². The molecule has 0 aromatic carbocycles. The van der Waals surface area contributed by atoms with Gasteiger partial charge in [0.05, 0.1) is 17.9 Å². The van der Waals surface area contributed by atoms with Crippen molar-refractivity contribution in [1.82, 2.24) is 29.8 Å². The SMILES string of the molecule is CC(C)Cc1cc(Cn2ccnc2-c2cc3n(n2)CCCNC3)on1. The van der Waals surface area contributed by atoms with Gasteiger partial charge in [-0.2, -0.15) is 5.10 Å². The van der Waals surface area contributed by atoms with Crippen LogP contribution in [-0.4, -0.2) is 31.0 Å². The third kappa shape index (κ3) is 3.51. The van der Waals surface area contributed by atoms with Crippen LogP contribution in [0.15, 0.2) is 29.0 Å². The number of hydrogen-bond donors (Lipinski definition) is 1. The second-order valence-corrected chi connectivity index (χ2v) is 7.04.